The molecule has 5 rings (SSSR count). The molecule has 0 atom stereocenters. The summed E-state index contributed by atoms with van der Waals surface area (Å²) in [6, 6.07) is 26.0. The van der Waals surface area contributed by atoms with Crippen LogP contribution in [0.1, 0.15) is 37.7 Å². The number of carbonyl (C=O) groups is 2. The summed E-state index contributed by atoms with van der Waals surface area (Å²) in [4.78, 5) is 28.7. The molecule has 1 fully saturated rings. The Labute approximate surface area is 234 Å². The molecule has 2 heterocycles. The number of carboxylic acids is 1. The standard InChI is InChI=1S/C31H36N4O3S/c36-29(22-24-10-3-1-4-11-24)35(26-16-14-25(15-17-26)34-18-7-2-8-19-34)20-9-21-39-31(23-30(37)38)32-27-12-5-6-13-28(27)33-31/h1,3-6,10-17,32-33H,2,7-9,18-23H2,(H,37,38). The molecule has 3 aromatic rings. The normalized spacial score (nSPS) is 15.6. The number of rotatable bonds is 11. The van der Waals surface area contributed by atoms with Gasteiger partial charge in [0.25, 0.3) is 0 Å². The van der Waals surface area contributed by atoms with Gasteiger partial charge in [-0.05, 0) is 73.4 Å². The number of para-hydroxylation sites is 2. The van der Waals surface area contributed by atoms with Gasteiger partial charge in [-0.1, -0.05) is 42.5 Å². The fourth-order valence-corrected chi connectivity index (χ4v) is 6.53. The van der Waals surface area contributed by atoms with Crippen LogP contribution in [0.5, 0.6) is 0 Å². The first-order valence-corrected chi connectivity index (χ1v) is 14.7. The van der Waals surface area contributed by atoms with Crippen LogP contribution in [0.2, 0.25) is 0 Å². The van der Waals surface area contributed by atoms with E-state index in [1.54, 1.807) is 11.8 Å². The van der Waals surface area contributed by atoms with Crippen molar-refractivity contribution in [3.05, 3.63) is 84.4 Å². The number of nitrogens with one attached hydrogen (secondary N) is 2. The number of aliphatic carboxylic acids is 1. The van der Waals surface area contributed by atoms with Gasteiger partial charge < -0.3 is 25.5 Å². The Morgan fingerprint density at radius 3 is 2.15 bits per heavy atom. The molecule has 39 heavy (non-hydrogen) atoms. The molecule has 0 aromatic heterocycles. The summed E-state index contributed by atoms with van der Waals surface area (Å²) in [5.74, 6) is -0.132. The first-order valence-electron chi connectivity index (χ1n) is 13.7. The highest BCUT2D eigenvalue weighted by molar-refractivity contribution is 8.00. The van der Waals surface area contributed by atoms with Gasteiger partial charge in [-0.3, -0.25) is 9.59 Å². The second kappa shape index (κ2) is 12.5. The highest BCUT2D eigenvalue weighted by atomic mass is 32.2. The van der Waals surface area contributed by atoms with Crippen LogP contribution >= 0.6 is 11.8 Å². The molecule has 2 aliphatic rings. The minimum atomic E-state index is -0.872. The quantitative estimate of drug-likeness (QED) is 0.254. The number of anilines is 4. The van der Waals surface area contributed by atoms with Gasteiger partial charge >= 0.3 is 5.97 Å². The van der Waals surface area contributed by atoms with Crippen LogP contribution in [0.3, 0.4) is 0 Å². The number of amides is 1. The van der Waals surface area contributed by atoms with Crippen molar-refractivity contribution in [1.29, 1.82) is 0 Å². The second-order valence-corrected chi connectivity index (χ2v) is 11.6. The van der Waals surface area contributed by atoms with Crippen LogP contribution in [-0.4, -0.2) is 47.4 Å². The van der Waals surface area contributed by atoms with Gasteiger partial charge in [0.15, 0.2) is 4.99 Å². The lowest BCUT2D eigenvalue weighted by Crippen LogP contribution is -2.41. The van der Waals surface area contributed by atoms with E-state index in [1.165, 1.54) is 24.9 Å². The Hall–Kier alpha value is -3.65. The lowest BCUT2D eigenvalue weighted by molar-refractivity contribution is -0.137. The Balaban J connectivity index is 1.26. The molecule has 2 aliphatic heterocycles. The smallest absolute Gasteiger partial charge is 0.308 e. The SMILES string of the molecule is O=C(O)CC1(SCCCN(C(=O)Cc2ccccc2)c2ccc(N3CCCCC3)cc2)Nc2ccccc2N1. The molecule has 0 unspecified atom stereocenters. The zero-order valence-electron chi connectivity index (χ0n) is 22.1. The van der Waals surface area contributed by atoms with Crippen LogP contribution in [0.25, 0.3) is 0 Å². The number of hydrogen-bond donors (Lipinski definition) is 3. The zero-order valence-corrected chi connectivity index (χ0v) is 23.0. The summed E-state index contributed by atoms with van der Waals surface area (Å²) in [5.41, 5.74) is 4.90. The number of fused-ring (bicyclic) bond motifs is 1. The molecule has 1 saturated heterocycles. The largest absolute Gasteiger partial charge is 0.481 e. The summed E-state index contributed by atoms with van der Waals surface area (Å²) in [6.45, 7) is 2.71. The predicted octanol–water partition coefficient (Wildman–Crippen LogP) is 6.04. The zero-order chi connectivity index (χ0) is 27.1. The molecular weight excluding hydrogens is 508 g/mol. The molecule has 1 amide bonds. The van der Waals surface area contributed by atoms with Gasteiger partial charge in [0.05, 0.1) is 24.2 Å². The Morgan fingerprint density at radius 2 is 1.51 bits per heavy atom. The van der Waals surface area contributed by atoms with Gasteiger partial charge in [0, 0.05) is 31.0 Å². The van der Waals surface area contributed by atoms with E-state index in [2.05, 4.69) is 39.8 Å². The van der Waals surface area contributed by atoms with E-state index < -0.39 is 11.0 Å². The molecule has 8 heteroatoms. The van der Waals surface area contributed by atoms with Gasteiger partial charge in [-0.2, -0.15) is 0 Å². The van der Waals surface area contributed by atoms with Crippen LogP contribution in [0.4, 0.5) is 22.7 Å². The van der Waals surface area contributed by atoms with Crippen molar-refractivity contribution in [3.63, 3.8) is 0 Å². The third kappa shape index (κ3) is 6.87. The number of hydrogen-bond acceptors (Lipinski definition) is 6. The van der Waals surface area contributed by atoms with Gasteiger partial charge in [0.1, 0.15) is 0 Å². The molecule has 204 valence electrons. The minimum Gasteiger partial charge on any atom is -0.481 e. The lowest BCUT2D eigenvalue weighted by atomic mass is 10.1. The van der Waals surface area contributed by atoms with Crippen molar-refractivity contribution in [3.8, 4) is 0 Å². The van der Waals surface area contributed by atoms with Crippen molar-refractivity contribution in [2.75, 3.05) is 45.8 Å². The number of carboxylic acid groups (broad SMARTS) is 1. The fraction of sp³-hybridized carbons (Fsp3) is 0.355. The van der Waals surface area contributed by atoms with E-state index in [9.17, 15) is 14.7 Å². The Morgan fingerprint density at radius 1 is 0.872 bits per heavy atom. The maximum atomic E-state index is 13.5. The van der Waals surface area contributed by atoms with E-state index in [4.69, 9.17) is 0 Å². The minimum absolute atomic E-state index is 0.0571. The number of thioether (sulfide) groups is 1. The van der Waals surface area contributed by atoms with E-state index in [1.807, 2.05) is 59.5 Å². The van der Waals surface area contributed by atoms with Gasteiger partial charge in [0.2, 0.25) is 5.91 Å². The topological polar surface area (TPSA) is 84.9 Å². The monoisotopic (exact) mass is 544 g/mol. The van der Waals surface area contributed by atoms with Crippen molar-refractivity contribution < 1.29 is 14.7 Å². The van der Waals surface area contributed by atoms with Crippen LogP contribution < -0.4 is 20.4 Å². The first kappa shape index (κ1) is 26.9. The molecule has 0 saturated carbocycles. The summed E-state index contributed by atoms with van der Waals surface area (Å²) < 4.78 is 0. The van der Waals surface area contributed by atoms with Crippen molar-refractivity contribution in [2.24, 2.45) is 0 Å². The molecule has 3 N–H and O–H groups in total. The maximum Gasteiger partial charge on any atom is 0.308 e. The van der Waals surface area contributed by atoms with Crippen LogP contribution in [-0.2, 0) is 16.0 Å². The molecular formula is C31H36N4O3S. The second-order valence-electron chi connectivity index (χ2n) is 10.2. The summed E-state index contributed by atoms with van der Waals surface area (Å²) in [5, 5.41) is 16.3. The summed E-state index contributed by atoms with van der Waals surface area (Å²) >= 11 is 1.54. The van der Waals surface area contributed by atoms with Crippen LogP contribution in [0, 0.1) is 0 Å². The van der Waals surface area contributed by atoms with Gasteiger partial charge in [-0.25, -0.2) is 0 Å². The summed E-state index contributed by atoms with van der Waals surface area (Å²) in [7, 11) is 0. The van der Waals surface area contributed by atoms with E-state index in [0.717, 1.165) is 42.1 Å². The maximum absolute atomic E-state index is 13.5. The van der Waals surface area contributed by atoms with E-state index >= 15 is 0 Å². The van der Waals surface area contributed by atoms with Crippen LogP contribution in [0.15, 0.2) is 78.9 Å². The lowest BCUT2D eigenvalue weighted by Gasteiger charge is -2.30. The average Bonchev–Trinajstić information content (AvgIpc) is 3.31. The van der Waals surface area contributed by atoms with Crippen molar-refractivity contribution >= 4 is 46.4 Å². The number of nitrogens with zero attached hydrogens (tertiary/aromatic N) is 2. The van der Waals surface area contributed by atoms with Crippen molar-refractivity contribution in [2.45, 2.75) is 43.5 Å². The average molecular weight is 545 g/mol. The molecule has 0 aliphatic carbocycles. The van der Waals surface area contributed by atoms with Crippen molar-refractivity contribution in [1.82, 2.24) is 0 Å². The molecule has 0 spiro atoms. The summed E-state index contributed by atoms with van der Waals surface area (Å²) in [6.07, 6.45) is 4.72. The molecule has 7 nitrogen and oxygen atoms in total. The predicted molar refractivity (Wildman–Crippen MR) is 161 cm³/mol. The number of benzene rings is 3. The Kier molecular flexibility index (Phi) is 8.61. The van der Waals surface area contributed by atoms with Gasteiger partial charge in [-0.15, -0.1) is 11.8 Å². The Bertz CT molecular complexity index is 1240. The van der Waals surface area contributed by atoms with E-state index in [-0.39, 0.29) is 12.3 Å². The third-order valence-electron chi connectivity index (χ3n) is 7.26. The number of piperidine rings is 1. The fourth-order valence-electron chi connectivity index (χ4n) is 5.32. The highest BCUT2D eigenvalue weighted by Crippen LogP contribution is 2.42. The third-order valence-corrected chi connectivity index (χ3v) is 8.59. The highest BCUT2D eigenvalue weighted by Gasteiger charge is 2.38. The number of carbonyl (C=O) groups excluding carboxylic acids is 1. The molecule has 0 bridgehead atoms. The first-order chi connectivity index (χ1) is 19.0. The van der Waals surface area contributed by atoms with E-state index in [0.29, 0.717) is 18.7 Å². The molecule has 3 aromatic carbocycles. The molecule has 0 radical (unpaired) electrons.